The van der Waals surface area contributed by atoms with Gasteiger partial charge in [-0.25, -0.2) is 9.78 Å². The summed E-state index contributed by atoms with van der Waals surface area (Å²) < 4.78 is 0. The summed E-state index contributed by atoms with van der Waals surface area (Å²) in [6, 6.07) is 18.2. The van der Waals surface area contributed by atoms with Crippen LogP contribution < -0.4 is 10.6 Å². The van der Waals surface area contributed by atoms with Crippen LogP contribution in [0.3, 0.4) is 0 Å². The molecule has 0 radical (unpaired) electrons. The molecule has 0 unspecified atom stereocenters. The predicted octanol–water partition coefficient (Wildman–Crippen LogP) is 2.76. The van der Waals surface area contributed by atoms with Crippen molar-refractivity contribution in [2.45, 2.75) is 10.4 Å². The van der Waals surface area contributed by atoms with Crippen molar-refractivity contribution in [2.24, 2.45) is 0 Å². The van der Waals surface area contributed by atoms with Gasteiger partial charge in [-0.05, 0) is 5.56 Å². The summed E-state index contributed by atoms with van der Waals surface area (Å²) in [7, 11) is 1.45. The van der Waals surface area contributed by atoms with E-state index in [2.05, 4.69) is 25.8 Å². The van der Waals surface area contributed by atoms with Gasteiger partial charge in [0.05, 0.1) is 0 Å². The highest BCUT2D eigenvalue weighted by Gasteiger charge is 2.25. The van der Waals surface area contributed by atoms with Crippen LogP contribution in [0, 0.1) is 0 Å². The molecule has 0 bridgehead atoms. The zero-order valence-electron chi connectivity index (χ0n) is 14.0. The summed E-state index contributed by atoms with van der Waals surface area (Å²) in [5, 5.41) is 11.5. The molecule has 0 fully saturated rings. The summed E-state index contributed by atoms with van der Waals surface area (Å²) in [6.07, 6.45) is 0. The number of hydrogen-bond donors (Lipinski definition) is 3. The zero-order valence-corrected chi connectivity index (χ0v) is 14.8. The monoisotopic (exact) mass is 367 g/mol. The van der Waals surface area contributed by atoms with Crippen LogP contribution in [0.1, 0.15) is 10.8 Å². The minimum absolute atomic E-state index is 0.421. The molecule has 1 atom stereocenters. The van der Waals surface area contributed by atoms with Gasteiger partial charge >= 0.3 is 6.03 Å². The average molecular weight is 367 g/mol. The molecule has 7 nitrogen and oxygen atoms in total. The number of nitrogens with zero attached hydrogens (tertiary/aromatic N) is 2. The van der Waals surface area contributed by atoms with Crippen molar-refractivity contribution < 1.29 is 9.59 Å². The molecule has 0 saturated carbocycles. The normalized spacial score (nSPS) is 11.6. The molecule has 1 heterocycles. The van der Waals surface area contributed by atoms with E-state index in [1.54, 1.807) is 0 Å². The van der Waals surface area contributed by atoms with Crippen molar-refractivity contribution in [3.05, 3.63) is 66.2 Å². The Balaban J connectivity index is 1.83. The van der Waals surface area contributed by atoms with Crippen molar-refractivity contribution in [3.8, 4) is 11.4 Å². The lowest BCUT2D eigenvalue weighted by Gasteiger charge is -2.14. The Hall–Kier alpha value is -3.13. The summed E-state index contributed by atoms with van der Waals surface area (Å²) in [6.45, 7) is 0. The highest BCUT2D eigenvalue weighted by Crippen LogP contribution is 2.34. The van der Waals surface area contributed by atoms with Crippen molar-refractivity contribution in [1.29, 1.82) is 0 Å². The molecular weight excluding hydrogens is 350 g/mol. The maximum absolute atomic E-state index is 12.5. The van der Waals surface area contributed by atoms with E-state index in [4.69, 9.17) is 0 Å². The van der Waals surface area contributed by atoms with Crippen molar-refractivity contribution in [2.75, 3.05) is 7.05 Å². The van der Waals surface area contributed by atoms with Crippen LogP contribution in [-0.4, -0.2) is 34.2 Å². The van der Waals surface area contributed by atoms with Crippen LogP contribution in [0.5, 0.6) is 0 Å². The second-order valence-electron chi connectivity index (χ2n) is 5.31. The van der Waals surface area contributed by atoms with Crippen LogP contribution in [0.15, 0.2) is 65.8 Å². The van der Waals surface area contributed by atoms with Crippen molar-refractivity contribution in [1.82, 2.24) is 25.8 Å². The molecule has 0 saturated heterocycles. The number of nitrogens with one attached hydrogen (secondary N) is 3. The maximum atomic E-state index is 12.5. The highest BCUT2D eigenvalue weighted by molar-refractivity contribution is 8.00. The van der Waals surface area contributed by atoms with E-state index in [1.807, 2.05) is 60.7 Å². The summed E-state index contributed by atoms with van der Waals surface area (Å²) >= 11 is 1.17. The number of aromatic nitrogens is 3. The third-order valence-electron chi connectivity index (χ3n) is 3.54. The van der Waals surface area contributed by atoms with Crippen LogP contribution in [0.2, 0.25) is 0 Å². The lowest BCUT2D eigenvalue weighted by Crippen LogP contribution is -2.39. The number of hydrogen-bond acceptors (Lipinski definition) is 5. The van der Waals surface area contributed by atoms with Gasteiger partial charge in [-0.15, -0.1) is 5.10 Å². The largest absolute Gasteiger partial charge is 0.341 e. The first-order valence-corrected chi connectivity index (χ1v) is 8.77. The summed E-state index contributed by atoms with van der Waals surface area (Å²) in [4.78, 5) is 28.5. The Morgan fingerprint density at radius 2 is 1.69 bits per heavy atom. The van der Waals surface area contributed by atoms with Gasteiger partial charge in [0, 0.05) is 12.6 Å². The fourth-order valence-electron chi connectivity index (χ4n) is 2.27. The molecule has 8 heteroatoms. The first-order valence-electron chi connectivity index (χ1n) is 7.89. The van der Waals surface area contributed by atoms with Crippen LogP contribution >= 0.6 is 11.8 Å². The highest BCUT2D eigenvalue weighted by atomic mass is 32.2. The second kappa shape index (κ2) is 8.30. The van der Waals surface area contributed by atoms with E-state index in [-0.39, 0.29) is 0 Å². The Labute approximate surface area is 154 Å². The zero-order chi connectivity index (χ0) is 18.4. The molecule has 3 N–H and O–H groups in total. The number of carbonyl (C=O) groups excluding carboxylic acids is 2. The van der Waals surface area contributed by atoms with E-state index in [0.29, 0.717) is 11.0 Å². The third kappa shape index (κ3) is 4.28. The quantitative estimate of drug-likeness (QED) is 0.602. The average Bonchev–Trinajstić information content (AvgIpc) is 3.16. The molecule has 2 aromatic carbocycles. The minimum Gasteiger partial charge on any atom is -0.341 e. The minimum atomic E-state index is -0.659. The SMILES string of the molecule is CNC(=O)NC(=O)[C@@H](Sc1n[nH]c(-c2ccccc2)n1)c1ccccc1. The van der Waals surface area contributed by atoms with Crippen LogP contribution in [0.4, 0.5) is 4.79 Å². The molecule has 26 heavy (non-hydrogen) atoms. The van der Waals surface area contributed by atoms with Crippen molar-refractivity contribution >= 4 is 23.7 Å². The van der Waals surface area contributed by atoms with E-state index in [0.717, 1.165) is 11.1 Å². The Morgan fingerprint density at radius 1 is 1.04 bits per heavy atom. The summed E-state index contributed by atoms with van der Waals surface area (Å²) in [5.74, 6) is 0.179. The first-order chi connectivity index (χ1) is 12.7. The van der Waals surface area contributed by atoms with Gasteiger partial charge in [0.2, 0.25) is 11.1 Å². The lowest BCUT2D eigenvalue weighted by molar-refractivity contribution is -0.119. The molecule has 0 spiro atoms. The van der Waals surface area contributed by atoms with Crippen molar-refractivity contribution in [3.63, 3.8) is 0 Å². The van der Waals surface area contributed by atoms with E-state index in [1.165, 1.54) is 18.8 Å². The van der Waals surface area contributed by atoms with Gasteiger partial charge in [0.1, 0.15) is 5.25 Å². The Kier molecular flexibility index (Phi) is 5.65. The number of benzene rings is 2. The van der Waals surface area contributed by atoms with Crippen LogP contribution in [0.25, 0.3) is 11.4 Å². The molecule has 0 aliphatic carbocycles. The smallest absolute Gasteiger partial charge is 0.321 e. The number of aromatic amines is 1. The van der Waals surface area contributed by atoms with Gasteiger partial charge in [0.25, 0.3) is 0 Å². The van der Waals surface area contributed by atoms with E-state index >= 15 is 0 Å². The number of urea groups is 1. The Bertz CT molecular complexity index is 883. The van der Waals surface area contributed by atoms with Gasteiger partial charge in [0.15, 0.2) is 5.82 Å². The van der Waals surface area contributed by atoms with Crippen LogP contribution in [-0.2, 0) is 4.79 Å². The number of imide groups is 1. The maximum Gasteiger partial charge on any atom is 0.321 e. The number of rotatable bonds is 5. The van der Waals surface area contributed by atoms with Gasteiger partial charge in [-0.3, -0.25) is 15.2 Å². The number of amides is 3. The molecule has 132 valence electrons. The fraction of sp³-hybridized carbons (Fsp3) is 0.111. The number of H-pyrrole nitrogens is 1. The van der Waals surface area contributed by atoms with E-state index < -0.39 is 17.2 Å². The van der Waals surface area contributed by atoms with Gasteiger partial charge < -0.3 is 5.32 Å². The number of thioether (sulfide) groups is 1. The Morgan fingerprint density at radius 3 is 2.35 bits per heavy atom. The van der Waals surface area contributed by atoms with Gasteiger partial charge in [-0.2, -0.15) is 0 Å². The second-order valence-corrected chi connectivity index (χ2v) is 6.38. The lowest BCUT2D eigenvalue weighted by atomic mass is 10.1. The molecule has 0 aliphatic rings. The fourth-order valence-corrected chi connectivity index (χ4v) is 3.18. The molecule has 3 aromatic rings. The first kappa shape index (κ1) is 17.7. The molecule has 3 amide bonds. The molecule has 3 rings (SSSR count). The number of carbonyl (C=O) groups is 2. The summed E-state index contributed by atoms with van der Waals surface area (Å²) in [5.41, 5.74) is 1.66. The molecular formula is C18H17N5O2S. The van der Waals surface area contributed by atoms with Gasteiger partial charge in [-0.1, -0.05) is 72.4 Å². The standard InChI is InChI=1S/C18H17N5O2S/c1-19-17(25)21-16(24)14(12-8-4-2-5-9-12)26-18-20-15(22-23-18)13-10-6-3-7-11-13/h2-11,14H,1H3,(H,20,22,23)(H2,19,21,24,25)/t14-/m0/s1. The third-order valence-corrected chi connectivity index (χ3v) is 4.65. The molecule has 1 aromatic heterocycles. The van der Waals surface area contributed by atoms with E-state index in [9.17, 15) is 9.59 Å². The molecule has 0 aliphatic heterocycles. The topological polar surface area (TPSA) is 99.8 Å². The predicted molar refractivity (Wildman–Crippen MR) is 99.5 cm³/mol.